The molecular formula is C28H26NO+. The fourth-order valence-corrected chi connectivity index (χ4v) is 3.45. The second kappa shape index (κ2) is 8.79. The first-order chi connectivity index (χ1) is 14.6. The summed E-state index contributed by atoms with van der Waals surface area (Å²) in [5.41, 5.74) is 6.91. The molecule has 2 aliphatic rings. The standard InChI is InChI=1S/C28H26NO/c1-21(22-14-16-26(17-15-22)29(2)3)18-27-19-25(23-10-6-4-7-11-23)20-28(30-27)24-12-8-5-9-13-24/h4-20H,1-3H3/q+1/b27-18+. The maximum Gasteiger partial charge on any atom is 0.199 e. The molecule has 148 valence electrons. The molecule has 1 heterocycles. The van der Waals surface area contributed by atoms with Crippen molar-refractivity contribution in [1.82, 2.24) is 0 Å². The van der Waals surface area contributed by atoms with Gasteiger partial charge in [0, 0.05) is 17.7 Å². The first kappa shape index (κ1) is 19.7. The number of rotatable bonds is 3. The number of hydrogen-bond acceptors (Lipinski definition) is 1. The third kappa shape index (κ3) is 4.49. The van der Waals surface area contributed by atoms with E-state index in [-0.39, 0.29) is 0 Å². The van der Waals surface area contributed by atoms with Crippen molar-refractivity contribution in [3.05, 3.63) is 131 Å². The summed E-state index contributed by atoms with van der Waals surface area (Å²) in [5, 5.41) is 0. The molecule has 0 unspecified atom stereocenters. The van der Waals surface area contributed by atoms with Gasteiger partial charge in [0.2, 0.25) is 0 Å². The summed E-state index contributed by atoms with van der Waals surface area (Å²) in [6, 6.07) is 20.7. The maximum absolute atomic E-state index is 6.30. The van der Waals surface area contributed by atoms with E-state index in [1.54, 1.807) is 0 Å². The van der Waals surface area contributed by atoms with Gasteiger partial charge in [0.1, 0.15) is 25.6 Å². The van der Waals surface area contributed by atoms with E-state index in [9.17, 15) is 0 Å². The molecule has 0 atom stereocenters. The quantitative estimate of drug-likeness (QED) is 0.568. The zero-order chi connectivity index (χ0) is 20.9. The molecule has 1 aliphatic carbocycles. The van der Waals surface area contributed by atoms with Gasteiger partial charge in [-0.05, 0) is 59.6 Å². The lowest BCUT2D eigenvalue weighted by Gasteiger charge is -2.19. The molecule has 2 aromatic carbocycles. The second-order valence-electron chi connectivity index (χ2n) is 7.61. The van der Waals surface area contributed by atoms with Crippen molar-refractivity contribution in [2.75, 3.05) is 14.1 Å². The number of nitrogens with zero attached hydrogens (tertiary/aromatic N) is 1. The summed E-state index contributed by atoms with van der Waals surface area (Å²) in [6.07, 6.45) is 14.9. The van der Waals surface area contributed by atoms with Gasteiger partial charge in [-0.1, -0.05) is 60.7 Å². The van der Waals surface area contributed by atoms with E-state index in [1.807, 2.05) is 24.3 Å². The minimum Gasteiger partial charge on any atom is -0.457 e. The van der Waals surface area contributed by atoms with Crippen molar-refractivity contribution in [3.8, 4) is 0 Å². The van der Waals surface area contributed by atoms with E-state index in [2.05, 4.69) is 105 Å². The van der Waals surface area contributed by atoms with Gasteiger partial charge in [-0.2, -0.15) is 0 Å². The van der Waals surface area contributed by atoms with Crippen molar-refractivity contribution in [2.45, 2.75) is 6.92 Å². The molecule has 1 aliphatic heterocycles. The molecule has 0 aromatic heterocycles. The molecule has 2 heteroatoms. The van der Waals surface area contributed by atoms with Crippen LogP contribution in [-0.2, 0) is 4.74 Å². The van der Waals surface area contributed by atoms with Gasteiger partial charge >= 0.3 is 0 Å². The highest BCUT2D eigenvalue weighted by Gasteiger charge is 2.15. The maximum atomic E-state index is 6.30. The van der Waals surface area contributed by atoms with Gasteiger partial charge < -0.3 is 4.74 Å². The van der Waals surface area contributed by atoms with Crippen LogP contribution in [0.5, 0.6) is 0 Å². The molecule has 0 fully saturated rings. The van der Waals surface area contributed by atoms with Crippen LogP contribution in [0.1, 0.15) is 18.1 Å². The molecule has 4 rings (SSSR count). The highest BCUT2D eigenvalue weighted by Crippen LogP contribution is 2.32. The average molecular weight is 393 g/mol. The summed E-state index contributed by atoms with van der Waals surface area (Å²) >= 11 is 0. The first-order valence-corrected chi connectivity index (χ1v) is 10.2. The van der Waals surface area contributed by atoms with Crippen molar-refractivity contribution < 1.29 is 9.31 Å². The van der Waals surface area contributed by atoms with Gasteiger partial charge in [0.25, 0.3) is 0 Å². The summed E-state index contributed by atoms with van der Waals surface area (Å²) < 4.78 is 8.40. The molecule has 0 amide bonds. The summed E-state index contributed by atoms with van der Waals surface area (Å²) in [4.78, 5) is 0. The third-order valence-corrected chi connectivity index (χ3v) is 5.18. The number of ether oxygens (including phenoxy) is 1. The van der Waals surface area contributed by atoms with Gasteiger partial charge in [0.15, 0.2) is 5.71 Å². The van der Waals surface area contributed by atoms with Crippen LogP contribution in [0.3, 0.4) is 0 Å². The van der Waals surface area contributed by atoms with Crippen molar-refractivity contribution in [1.29, 1.82) is 0 Å². The predicted molar refractivity (Wildman–Crippen MR) is 126 cm³/mol. The number of allylic oxidation sites excluding steroid dienone is 10. The van der Waals surface area contributed by atoms with Gasteiger partial charge in [0.05, 0.1) is 0 Å². The van der Waals surface area contributed by atoms with Crippen LogP contribution < -0.4 is 0 Å². The van der Waals surface area contributed by atoms with Crippen LogP contribution >= 0.6 is 0 Å². The Bertz CT molecular complexity index is 1130. The van der Waals surface area contributed by atoms with Crippen molar-refractivity contribution >= 4 is 17.0 Å². The first-order valence-electron chi connectivity index (χ1n) is 10.2. The number of benzene rings is 2. The zero-order valence-electron chi connectivity index (χ0n) is 17.7. The minimum absolute atomic E-state index is 0.837. The van der Waals surface area contributed by atoms with E-state index in [4.69, 9.17) is 4.74 Å². The normalized spacial score (nSPS) is 16.8. The Kier molecular flexibility index (Phi) is 5.76. The fourth-order valence-electron chi connectivity index (χ4n) is 3.45. The average Bonchev–Trinajstić information content (AvgIpc) is 2.80. The molecular weight excluding hydrogens is 366 g/mol. The lowest BCUT2D eigenvalue weighted by molar-refractivity contribution is -0.462. The topological polar surface area (TPSA) is 12.2 Å². The minimum atomic E-state index is 0.837. The van der Waals surface area contributed by atoms with Crippen molar-refractivity contribution in [2.24, 2.45) is 0 Å². The van der Waals surface area contributed by atoms with E-state index in [0.717, 1.165) is 28.2 Å². The van der Waals surface area contributed by atoms with Crippen molar-refractivity contribution in [3.63, 3.8) is 0 Å². The molecule has 0 N–H and O–H groups in total. The third-order valence-electron chi connectivity index (χ3n) is 5.18. The van der Waals surface area contributed by atoms with E-state index in [0.29, 0.717) is 0 Å². The van der Waals surface area contributed by atoms with E-state index in [1.165, 1.54) is 16.8 Å². The highest BCUT2D eigenvalue weighted by molar-refractivity contribution is 6.02. The predicted octanol–water partition coefficient (Wildman–Crippen LogP) is 6.18. The molecule has 30 heavy (non-hydrogen) atoms. The van der Waals surface area contributed by atoms with Crippen LogP contribution in [0, 0.1) is 0 Å². The summed E-state index contributed by atoms with van der Waals surface area (Å²) in [7, 11) is 4.10. The lowest BCUT2D eigenvalue weighted by atomic mass is 9.99. The molecule has 0 spiro atoms. The largest absolute Gasteiger partial charge is 0.457 e. The van der Waals surface area contributed by atoms with Gasteiger partial charge in [-0.15, -0.1) is 0 Å². The Balaban J connectivity index is 1.73. The highest BCUT2D eigenvalue weighted by atomic mass is 16.5. The molecule has 2 nitrogen and oxygen atoms in total. The smallest absolute Gasteiger partial charge is 0.199 e. The van der Waals surface area contributed by atoms with Gasteiger partial charge in [-0.25, -0.2) is 4.58 Å². The van der Waals surface area contributed by atoms with Crippen LogP contribution in [0.25, 0.3) is 11.3 Å². The lowest BCUT2D eigenvalue weighted by Crippen LogP contribution is -2.09. The Labute approximate surface area is 178 Å². The van der Waals surface area contributed by atoms with E-state index >= 15 is 0 Å². The Morgan fingerprint density at radius 1 is 0.767 bits per heavy atom. The summed E-state index contributed by atoms with van der Waals surface area (Å²) in [5.74, 6) is 1.70. The molecule has 0 bridgehead atoms. The van der Waals surface area contributed by atoms with Crippen LogP contribution in [-0.4, -0.2) is 24.4 Å². The van der Waals surface area contributed by atoms with Crippen LogP contribution in [0.4, 0.5) is 0 Å². The molecule has 0 saturated heterocycles. The van der Waals surface area contributed by atoms with Gasteiger partial charge in [-0.3, -0.25) is 0 Å². The Morgan fingerprint density at radius 3 is 1.97 bits per heavy atom. The van der Waals surface area contributed by atoms with Crippen LogP contribution in [0.15, 0.2) is 120 Å². The summed E-state index contributed by atoms with van der Waals surface area (Å²) in [6.45, 7) is 2.12. The Hall–Kier alpha value is -3.65. The monoisotopic (exact) mass is 392 g/mol. The molecule has 0 saturated carbocycles. The SMILES string of the molecule is CC(/C=C1\C=C(c2ccccc2)C=C(c2ccccc2)O1)=C1C=CC(=[N+](C)C)C=C1. The second-order valence-corrected chi connectivity index (χ2v) is 7.61. The fraction of sp³-hybridized carbons (Fsp3) is 0.107. The Morgan fingerprint density at radius 2 is 1.37 bits per heavy atom. The molecule has 0 radical (unpaired) electrons. The zero-order valence-corrected chi connectivity index (χ0v) is 17.7. The number of hydrogen-bond donors (Lipinski definition) is 0. The van der Waals surface area contributed by atoms with E-state index < -0.39 is 0 Å². The van der Waals surface area contributed by atoms with Crippen LogP contribution in [0.2, 0.25) is 0 Å². The molecule has 2 aromatic rings.